The molecule has 4 atom stereocenters. The van der Waals surface area contributed by atoms with Gasteiger partial charge in [0.15, 0.2) is 0 Å². The minimum Gasteiger partial charge on any atom is -0.512 e. The predicted octanol–water partition coefficient (Wildman–Crippen LogP) is 5.99. The fourth-order valence-corrected chi connectivity index (χ4v) is 6.09. The first-order valence-electron chi connectivity index (χ1n) is 12.7. The van der Waals surface area contributed by atoms with Gasteiger partial charge in [0.25, 0.3) is 0 Å². The van der Waals surface area contributed by atoms with Crippen molar-refractivity contribution in [3.63, 3.8) is 0 Å². The van der Waals surface area contributed by atoms with Crippen LogP contribution in [0.4, 0.5) is 0 Å². The largest absolute Gasteiger partial charge is 0.512 e. The number of benzene rings is 2. The highest BCUT2D eigenvalue weighted by atomic mass is 16.5. The van der Waals surface area contributed by atoms with Crippen LogP contribution in [0.3, 0.4) is 0 Å². The van der Waals surface area contributed by atoms with Crippen molar-refractivity contribution in [2.45, 2.75) is 83.1 Å². The van der Waals surface area contributed by atoms with Gasteiger partial charge in [0, 0.05) is 37.4 Å². The quantitative estimate of drug-likeness (QED) is 0.513. The molecule has 5 heteroatoms. The number of carbonyl (C=O) groups is 1. The molecular formula is C29H35NO4. The summed E-state index contributed by atoms with van der Waals surface area (Å²) in [5.74, 6) is 0.924. The number of fused-ring (bicyclic) bond motifs is 6. The number of hydrogen-bond donors (Lipinski definition) is 1. The lowest BCUT2D eigenvalue weighted by Gasteiger charge is -2.44. The highest BCUT2D eigenvalue weighted by Gasteiger charge is 2.45. The van der Waals surface area contributed by atoms with Crippen LogP contribution < -0.4 is 4.74 Å². The standard InChI is InChI=1S/C29H35NO4/c1-19(8-6-11-21-9-4-3-5-10-21)33-22-13-14-24-25(16-22)29-27(30-15-7-12-26(24)30)17-23(18-28(29)32)34-20(2)31/h3-5,9-10,13-14,16,19,23,26-27,32H,6-8,11-12,15,17-18H2,1-2H3. The van der Waals surface area contributed by atoms with Gasteiger partial charge >= 0.3 is 5.97 Å². The highest BCUT2D eigenvalue weighted by molar-refractivity contribution is 5.78. The molecule has 1 N–H and O–H groups in total. The Morgan fingerprint density at radius 1 is 1.18 bits per heavy atom. The molecule has 4 unspecified atom stereocenters. The van der Waals surface area contributed by atoms with Crippen molar-refractivity contribution in [1.82, 2.24) is 4.90 Å². The lowest BCUT2D eigenvalue weighted by atomic mass is 9.78. The summed E-state index contributed by atoms with van der Waals surface area (Å²) < 4.78 is 11.8. The molecule has 1 aliphatic carbocycles. The fourth-order valence-electron chi connectivity index (χ4n) is 6.09. The van der Waals surface area contributed by atoms with Gasteiger partial charge in [0.1, 0.15) is 17.6 Å². The molecule has 1 fully saturated rings. The Bertz CT molecular complexity index is 1060. The van der Waals surface area contributed by atoms with Crippen LogP contribution in [0.25, 0.3) is 5.57 Å². The second-order valence-corrected chi connectivity index (χ2v) is 10.00. The fraction of sp³-hybridized carbons (Fsp3) is 0.483. The van der Waals surface area contributed by atoms with E-state index < -0.39 is 0 Å². The molecule has 2 heterocycles. The molecule has 2 aliphatic heterocycles. The van der Waals surface area contributed by atoms with E-state index in [4.69, 9.17) is 9.47 Å². The van der Waals surface area contributed by atoms with Crippen LogP contribution in [-0.2, 0) is 16.0 Å². The Morgan fingerprint density at radius 3 is 2.79 bits per heavy atom. The van der Waals surface area contributed by atoms with Crippen LogP contribution in [0, 0.1) is 0 Å². The molecule has 3 aliphatic rings. The summed E-state index contributed by atoms with van der Waals surface area (Å²) in [6.07, 6.45) is 6.35. The first kappa shape index (κ1) is 23.0. The van der Waals surface area contributed by atoms with Crippen molar-refractivity contribution in [2.24, 2.45) is 0 Å². The number of ether oxygens (including phenoxy) is 2. The van der Waals surface area contributed by atoms with Crippen LogP contribution >= 0.6 is 0 Å². The number of esters is 1. The summed E-state index contributed by atoms with van der Waals surface area (Å²) in [6.45, 7) is 4.58. The molecular weight excluding hydrogens is 426 g/mol. The highest BCUT2D eigenvalue weighted by Crippen LogP contribution is 2.50. The zero-order valence-electron chi connectivity index (χ0n) is 20.2. The molecule has 0 bridgehead atoms. The van der Waals surface area contributed by atoms with Crippen LogP contribution in [-0.4, -0.2) is 40.8 Å². The molecule has 5 nitrogen and oxygen atoms in total. The number of aliphatic hydroxyl groups excluding tert-OH is 1. The van der Waals surface area contributed by atoms with Crippen molar-refractivity contribution in [3.05, 3.63) is 71.0 Å². The summed E-state index contributed by atoms with van der Waals surface area (Å²) in [6, 6.07) is 17.4. The lowest BCUT2D eigenvalue weighted by Crippen LogP contribution is -2.45. The van der Waals surface area contributed by atoms with E-state index in [-0.39, 0.29) is 24.2 Å². The van der Waals surface area contributed by atoms with Crippen LogP contribution in [0.1, 0.15) is 75.1 Å². The topological polar surface area (TPSA) is 59.0 Å². The number of nitrogens with zero attached hydrogens (tertiary/aromatic N) is 1. The molecule has 2 aromatic rings. The van der Waals surface area contributed by atoms with Crippen LogP contribution in [0.15, 0.2) is 54.3 Å². The van der Waals surface area contributed by atoms with E-state index in [9.17, 15) is 9.90 Å². The molecule has 0 radical (unpaired) electrons. The first-order chi connectivity index (χ1) is 16.5. The summed E-state index contributed by atoms with van der Waals surface area (Å²) in [5.41, 5.74) is 4.76. The average molecular weight is 462 g/mol. The normalized spacial score (nSPS) is 24.7. The second kappa shape index (κ2) is 9.83. The third kappa shape index (κ3) is 4.72. The Kier molecular flexibility index (Phi) is 6.64. The SMILES string of the molecule is CC(=O)OC1CC(O)=C2c3cc(OC(C)CCCc4ccccc4)ccc3C3CCCN3C2C1. The number of carbonyl (C=O) groups excluding carboxylic acids is 1. The van der Waals surface area contributed by atoms with Gasteiger partial charge in [-0.3, -0.25) is 9.69 Å². The summed E-state index contributed by atoms with van der Waals surface area (Å²) in [4.78, 5) is 14.1. The van der Waals surface area contributed by atoms with Gasteiger partial charge in [-0.1, -0.05) is 36.4 Å². The summed E-state index contributed by atoms with van der Waals surface area (Å²) in [7, 11) is 0. The van der Waals surface area contributed by atoms with E-state index in [1.807, 2.05) is 0 Å². The maximum Gasteiger partial charge on any atom is 0.302 e. The summed E-state index contributed by atoms with van der Waals surface area (Å²) in [5, 5.41) is 11.1. The number of rotatable bonds is 7. The van der Waals surface area contributed by atoms with E-state index >= 15 is 0 Å². The monoisotopic (exact) mass is 461 g/mol. The van der Waals surface area contributed by atoms with E-state index in [2.05, 4.69) is 60.4 Å². The Balaban J connectivity index is 1.34. The average Bonchev–Trinajstić information content (AvgIpc) is 3.29. The van der Waals surface area contributed by atoms with Gasteiger partial charge in [-0.25, -0.2) is 0 Å². The van der Waals surface area contributed by atoms with E-state index in [1.165, 1.54) is 18.1 Å². The molecule has 0 spiro atoms. The molecule has 1 saturated heterocycles. The van der Waals surface area contributed by atoms with Gasteiger partial charge in [-0.2, -0.15) is 0 Å². The number of aryl methyl sites for hydroxylation is 1. The van der Waals surface area contributed by atoms with E-state index in [0.29, 0.717) is 18.2 Å². The molecule has 0 saturated carbocycles. The minimum absolute atomic E-state index is 0.0802. The van der Waals surface area contributed by atoms with Crippen molar-refractivity contribution < 1.29 is 19.4 Å². The molecule has 34 heavy (non-hydrogen) atoms. The predicted molar refractivity (Wildman–Crippen MR) is 133 cm³/mol. The maximum absolute atomic E-state index is 11.6. The second-order valence-electron chi connectivity index (χ2n) is 10.00. The Labute approximate surface area is 202 Å². The van der Waals surface area contributed by atoms with Gasteiger partial charge in [0.05, 0.1) is 6.10 Å². The number of hydrogen-bond acceptors (Lipinski definition) is 5. The van der Waals surface area contributed by atoms with Gasteiger partial charge < -0.3 is 14.6 Å². The minimum atomic E-state index is -0.285. The summed E-state index contributed by atoms with van der Waals surface area (Å²) >= 11 is 0. The molecule has 0 aromatic heterocycles. The third-order valence-electron chi connectivity index (χ3n) is 7.51. The van der Waals surface area contributed by atoms with Crippen molar-refractivity contribution >= 4 is 11.5 Å². The van der Waals surface area contributed by atoms with Crippen molar-refractivity contribution in [3.8, 4) is 5.75 Å². The third-order valence-corrected chi connectivity index (χ3v) is 7.51. The van der Waals surface area contributed by atoms with Gasteiger partial charge in [0.2, 0.25) is 0 Å². The molecule has 5 rings (SSSR count). The smallest absolute Gasteiger partial charge is 0.302 e. The zero-order chi connectivity index (χ0) is 23.7. The van der Waals surface area contributed by atoms with Crippen molar-refractivity contribution in [2.75, 3.05) is 6.54 Å². The van der Waals surface area contributed by atoms with Crippen molar-refractivity contribution in [1.29, 1.82) is 0 Å². The Morgan fingerprint density at radius 2 is 2.00 bits per heavy atom. The van der Waals surface area contributed by atoms with E-state index in [1.54, 1.807) is 0 Å². The van der Waals surface area contributed by atoms with Crippen LogP contribution in [0.2, 0.25) is 0 Å². The maximum atomic E-state index is 11.6. The molecule has 180 valence electrons. The number of aliphatic hydroxyl groups is 1. The van der Waals surface area contributed by atoms with Gasteiger partial charge in [-0.05, 0) is 74.4 Å². The molecule has 2 aromatic carbocycles. The Hall–Kier alpha value is -2.79. The van der Waals surface area contributed by atoms with E-state index in [0.717, 1.165) is 62.0 Å². The zero-order valence-corrected chi connectivity index (χ0v) is 20.2. The first-order valence-corrected chi connectivity index (χ1v) is 12.7. The lowest BCUT2D eigenvalue weighted by molar-refractivity contribution is -0.147. The van der Waals surface area contributed by atoms with Gasteiger partial charge in [-0.15, -0.1) is 0 Å². The van der Waals surface area contributed by atoms with Crippen LogP contribution in [0.5, 0.6) is 5.75 Å². The molecule has 0 amide bonds.